The molecule has 94 valence electrons. The third-order valence-electron chi connectivity index (χ3n) is 3.20. The molecule has 18 heavy (non-hydrogen) atoms. The number of amides is 1. The van der Waals surface area contributed by atoms with Gasteiger partial charge in [0.2, 0.25) is 0 Å². The molecule has 0 saturated heterocycles. The standard InChI is InChI=1S/C13H16N4O/c1-7-8(2)16-17(9(7)3)12-10(13(15)18)5-4-6-11(12)14/h4-6H,14H2,1-3H3,(H2,15,18). The maximum absolute atomic E-state index is 11.5. The summed E-state index contributed by atoms with van der Waals surface area (Å²) < 4.78 is 1.68. The molecule has 0 aliphatic carbocycles. The predicted octanol–water partition coefficient (Wildman–Crippen LogP) is 1.48. The van der Waals surface area contributed by atoms with Gasteiger partial charge < -0.3 is 11.5 Å². The van der Waals surface area contributed by atoms with Crippen molar-refractivity contribution in [2.75, 3.05) is 5.73 Å². The van der Waals surface area contributed by atoms with Crippen LogP contribution in [-0.4, -0.2) is 15.7 Å². The first-order valence-electron chi connectivity index (χ1n) is 5.65. The molecule has 4 N–H and O–H groups in total. The Hall–Kier alpha value is -2.30. The molecule has 0 aliphatic rings. The maximum atomic E-state index is 11.5. The summed E-state index contributed by atoms with van der Waals surface area (Å²) in [6.45, 7) is 5.84. The largest absolute Gasteiger partial charge is 0.397 e. The van der Waals surface area contributed by atoms with Gasteiger partial charge in [0, 0.05) is 5.69 Å². The number of carbonyl (C=O) groups excluding carboxylic acids is 1. The van der Waals surface area contributed by atoms with E-state index in [-0.39, 0.29) is 0 Å². The van der Waals surface area contributed by atoms with Crippen molar-refractivity contribution in [2.45, 2.75) is 20.8 Å². The van der Waals surface area contributed by atoms with E-state index in [9.17, 15) is 4.79 Å². The number of carbonyl (C=O) groups is 1. The number of aromatic nitrogens is 2. The molecule has 1 aromatic heterocycles. The van der Waals surface area contributed by atoms with Gasteiger partial charge in [-0.1, -0.05) is 6.07 Å². The van der Waals surface area contributed by atoms with Crippen LogP contribution in [0.2, 0.25) is 0 Å². The number of anilines is 1. The summed E-state index contributed by atoms with van der Waals surface area (Å²) in [7, 11) is 0. The van der Waals surface area contributed by atoms with Crippen LogP contribution in [0.25, 0.3) is 5.69 Å². The summed E-state index contributed by atoms with van der Waals surface area (Å²) in [4.78, 5) is 11.5. The summed E-state index contributed by atoms with van der Waals surface area (Å²) in [5.41, 5.74) is 15.7. The van der Waals surface area contributed by atoms with E-state index in [1.54, 1.807) is 22.9 Å². The number of nitrogens with zero attached hydrogens (tertiary/aromatic N) is 2. The maximum Gasteiger partial charge on any atom is 0.250 e. The van der Waals surface area contributed by atoms with Crippen molar-refractivity contribution in [3.8, 4) is 5.69 Å². The molecule has 0 unspecified atom stereocenters. The molecule has 0 radical (unpaired) electrons. The summed E-state index contributed by atoms with van der Waals surface area (Å²) >= 11 is 0. The lowest BCUT2D eigenvalue weighted by atomic mass is 10.1. The number of para-hydroxylation sites is 1. The van der Waals surface area contributed by atoms with E-state index in [4.69, 9.17) is 11.5 Å². The molecule has 1 aromatic carbocycles. The average molecular weight is 244 g/mol. The van der Waals surface area contributed by atoms with Crippen LogP contribution in [0.4, 0.5) is 5.69 Å². The molecule has 2 aromatic rings. The van der Waals surface area contributed by atoms with Gasteiger partial charge in [-0.3, -0.25) is 4.79 Å². The summed E-state index contributed by atoms with van der Waals surface area (Å²) in [5, 5.41) is 4.41. The number of primary amides is 1. The Bertz CT molecular complexity index is 628. The fourth-order valence-electron chi connectivity index (χ4n) is 1.93. The molecular formula is C13H16N4O. The molecule has 2 rings (SSSR count). The second-order valence-corrected chi connectivity index (χ2v) is 4.32. The molecule has 1 heterocycles. The van der Waals surface area contributed by atoms with E-state index in [0.29, 0.717) is 16.9 Å². The minimum atomic E-state index is -0.512. The number of hydrogen-bond acceptors (Lipinski definition) is 3. The van der Waals surface area contributed by atoms with E-state index < -0.39 is 5.91 Å². The van der Waals surface area contributed by atoms with Gasteiger partial charge in [0.1, 0.15) is 5.69 Å². The lowest BCUT2D eigenvalue weighted by Crippen LogP contribution is -2.17. The summed E-state index contributed by atoms with van der Waals surface area (Å²) in [5.74, 6) is -0.512. The number of hydrogen-bond donors (Lipinski definition) is 2. The predicted molar refractivity (Wildman–Crippen MR) is 70.7 cm³/mol. The van der Waals surface area contributed by atoms with Gasteiger partial charge in [0.15, 0.2) is 0 Å². The Labute approximate surface area is 105 Å². The van der Waals surface area contributed by atoms with Gasteiger partial charge in [-0.25, -0.2) is 4.68 Å². The molecule has 5 nitrogen and oxygen atoms in total. The van der Waals surface area contributed by atoms with Gasteiger partial charge in [-0.05, 0) is 38.5 Å². The number of aryl methyl sites for hydroxylation is 1. The Balaban J connectivity index is 2.78. The fraction of sp³-hybridized carbons (Fsp3) is 0.231. The van der Waals surface area contributed by atoms with Crippen LogP contribution in [0, 0.1) is 20.8 Å². The molecule has 1 amide bonds. The molecule has 0 saturated carbocycles. The van der Waals surface area contributed by atoms with Gasteiger partial charge in [-0.2, -0.15) is 5.10 Å². The Kier molecular flexibility index (Phi) is 2.82. The zero-order valence-corrected chi connectivity index (χ0v) is 10.7. The molecule has 0 fully saturated rings. The van der Waals surface area contributed by atoms with Crippen molar-refractivity contribution in [2.24, 2.45) is 5.73 Å². The summed E-state index contributed by atoms with van der Waals surface area (Å²) in [6, 6.07) is 5.09. The molecule has 0 atom stereocenters. The highest BCUT2D eigenvalue weighted by atomic mass is 16.1. The number of rotatable bonds is 2. The van der Waals surface area contributed by atoms with Crippen molar-refractivity contribution in [3.63, 3.8) is 0 Å². The zero-order chi connectivity index (χ0) is 13.4. The van der Waals surface area contributed by atoms with Crippen LogP contribution >= 0.6 is 0 Å². The van der Waals surface area contributed by atoms with Crippen LogP contribution in [0.3, 0.4) is 0 Å². The highest BCUT2D eigenvalue weighted by molar-refractivity contribution is 5.98. The van der Waals surface area contributed by atoms with Crippen LogP contribution in [0.15, 0.2) is 18.2 Å². The molecule has 0 bridgehead atoms. The van der Waals surface area contributed by atoms with Crippen LogP contribution in [0.5, 0.6) is 0 Å². The SMILES string of the molecule is Cc1nn(-c2c(N)cccc2C(N)=O)c(C)c1C. The molecule has 0 aliphatic heterocycles. The van der Waals surface area contributed by atoms with Crippen LogP contribution < -0.4 is 11.5 Å². The minimum Gasteiger partial charge on any atom is -0.397 e. The van der Waals surface area contributed by atoms with Gasteiger partial charge in [0.05, 0.1) is 16.9 Å². The van der Waals surface area contributed by atoms with Crippen molar-refractivity contribution >= 4 is 11.6 Å². The van der Waals surface area contributed by atoms with Crippen molar-refractivity contribution in [1.29, 1.82) is 0 Å². The van der Waals surface area contributed by atoms with Gasteiger partial charge in [-0.15, -0.1) is 0 Å². The minimum absolute atomic E-state index is 0.376. The van der Waals surface area contributed by atoms with E-state index in [1.807, 2.05) is 20.8 Å². The van der Waals surface area contributed by atoms with Crippen molar-refractivity contribution in [1.82, 2.24) is 9.78 Å². The number of benzene rings is 1. The first-order chi connectivity index (χ1) is 8.43. The second-order valence-electron chi connectivity index (χ2n) is 4.32. The van der Waals surface area contributed by atoms with E-state index in [1.165, 1.54) is 0 Å². The van der Waals surface area contributed by atoms with Crippen LogP contribution in [0.1, 0.15) is 27.3 Å². The lowest BCUT2D eigenvalue weighted by Gasteiger charge is -2.11. The smallest absolute Gasteiger partial charge is 0.250 e. The Morgan fingerprint density at radius 2 is 1.94 bits per heavy atom. The van der Waals surface area contributed by atoms with Crippen molar-refractivity contribution in [3.05, 3.63) is 40.7 Å². The zero-order valence-electron chi connectivity index (χ0n) is 10.7. The highest BCUT2D eigenvalue weighted by Crippen LogP contribution is 2.25. The second kappa shape index (κ2) is 4.18. The monoisotopic (exact) mass is 244 g/mol. The number of nitrogens with two attached hydrogens (primary N) is 2. The van der Waals surface area contributed by atoms with Gasteiger partial charge >= 0.3 is 0 Å². The van der Waals surface area contributed by atoms with E-state index >= 15 is 0 Å². The third kappa shape index (κ3) is 1.73. The van der Waals surface area contributed by atoms with E-state index in [0.717, 1.165) is 17.0 Å². The molecule has 0 spiro atoms. The van der Waals surface area contributed by atoms with E-state index in [2.05, 4.69) is 5.10 Å². The Morgan fingerprint density at radius 3 is 2.44 bits per heavy atom. The molecule has 5 heteroatoms. The summed E-state index contributed by atoms with van der Waals surface area (Å²) in [6.07, 6.45) is 0. The first kappa shape index (κ1) is 12.2. The van der Waals surface area contributed by atoms with Crippen molar-refractivity contribution < 1.29 is 4.79 Å². The first-order valence-corrected chi connectivity index (χ1v) is 5.65. The topological polar surface area (TPSA) is 86.9 Å². The third-order valence-corrected chi connectivity index (χ3v) is 3.20. The highest BCUT2D eigenvalue weighted by Gasteiger charge is 2.17. The quantitative estimate of drug-likeness (QED) is 0.784. The fourth-order valence-corrected chi connectivity index (χ4v) is 1.93. The normalized spacial score (nSPS) is 10.6. The van der Waals surface area contributed by atoms with Crippen LogP contribution in [-0.2, 0) is 0 Å². The average Bonchev–Trinajstić information content (AvgIpc) is 2.56. The number of nitrogen functional groups attached to an aromatic ring is 1. The molecular weight excluding hydrogens is 228 g/mol. The Morgan fingerprint density at radius 1 is 1.28 bits per heavy atom. The lowest BCUT2D eigenvalue weighted by molar-refractivity contribution is 0.1000. The van der Waals surface area contributed by atoms with Gasteiger partial charge in [0.25, 0.3) is 5.91 Å².